The highest BCUT2D eigenvalue weighted by Crippen LogP contribution is 2.31. The van der Waals surface area contributed by atoms with E-state index >= 15 is 0 Å². The number of furan rings is 1. The molecule has 1 amide bonds. The van der Waals surface area contributed by atoms with Gasteiger partial charge in [0.2, 0.25) is 5.91 Å². The number of H-pyrrole nitrogens is 1. The Bertz CT molecular complexity index is 1080. The number of carbonyl (C=O) groups is 1. The van der Waals surface area contributed by atoms with Crippen LogP contribution in [0.25, 0.3) is 22.2 Å². The molecule has 2 aromatic heterocycles. The van der Waals surface area contributed by atoms with Crippen molar-refractivity contribution in [1.29, 1.82) is 0 Å². The number of rotatable bonds is 6. The van der Waals surface area contributed by atoms with E-state index in [1.165, 1.54) is 12.1 Å². The molecular formula is C23H21FN2O2. The molecule has 0 fully saturated rings. The van der Waals surface area contributed by atoms with E-state index in [0.717, 1.165) is 33.5 Å². The molecule has 0 aliphatic carbocycles. The lowest BCUT2D eigenvalue weighted by Gasteiger charge is -2.16. The SMILES string of the molecule is CN(Cc1ccco1)C(=O)CCc1c(-c2ccc(F)cc2)[nH]c2ccccc12. The maximum atomic E-state index is 13.3. The predicted octanol–water partition coefficient (Wildman–Crippen LogP) is 5.16. The van der Waals surface area contributed by atoms with Crippen molar-refractivity contribution in [2.24, 2.45) is 0 Å². The van der Waals surface area contributed by atoms with Gasteiger partial charge in [0.15, 0.2) is 0 Å². The molecule has 0 atom stereocenters. The van der Waals surface area contributed by atoms with Crippen LogP contribution in [0.15, 0.2) is 71.3 Å². The summed E-state index contributed by atoms with van der Waals surface area (Å²) < 4.78 is 18.7. The Labute approximate surface area is 162 Å². The summed E-state index contributed by atoms with van der Waals surface area (Å²) in [7, 11) is 1.78. The zero-order valence-corrected chi connectivity index (χ0v) is 15.6. The van der Waals surface area contributed by atoms with Crippen molar-refractivity contribution in [3.8, 4) is 11.3 Å². The summed E-state index contributed by atoms with van der Waals surface area (Å²) in [5.74, 6) is 0.540. The fourth-order valence-corrected chi connectivity index (χ4v) is 3.47. The molecule has 0 radical (unpaired) electrons. The van der Waals surface area contributed by atoms with Gasteiger partial charge in [0.1, 0.15) is 11.6 Å². The highest BCUT2D eigenvalue weighted by Gasteiger charge is 2.16. The van der Waals surface area contributed by atoms with E-state index in [2.05, 4.69) is 4.98 Å². The Morgan fingerprint density at radius 1 is 1.07 bits per heavy atom. The monoisotopic (exact) mass is 376 g/mol. The normalized spacial score (nSPS) is 11.1. The molecule has 4 aromatic rings. The highest BCUT2D eigenvalue weighted by atomic mass is 19.1. The van der Waals surface area contributed by atoms with Gasteiger partial charge in [0, 0.05) is 30.1 Å². The van der Waals surface area contributed by atoms with Gasteiger partial charge in [0.25, 0.3) is 0 Å². The molecule has 28 heavy (non-hydrogen) atoms. The van der Waals surface area contributed by atoms with Crippen molar-refractivity contribution in [2.45, 2.75) is 19.4 Å². The Hall–Kier alpha value is -3.34. The fraction of sp³-hybridized carbons (Fsp3) is 0.174. The molecule has 0 saturated carbocycles. The van der Waals surface area contributed by atoms with E-state index in [0.29, 0.717) is 19.4 Å². The second-order valence-corrected chi connectivity index (χ2v) is 6.86. The van der Waals surface area contributed by atoms with Gasteiger partial charge in [-0.15, -0.1) is 0 Å². The molecular weight excluding hydrogens is 355 g/mol. The molecule has 2 aromatic carbocycles. The first-order valence-corrected chi connectivity index (χ1v) is 9.23. The predicted molar refractivity (Wildman–Crippen MR) is 107 cm³/mol. The third-order valence-electron chi connectivity index (χ3n) is 4.93. The third-order valence-corrected chi connectivity index (χ3v) is 4.93. The Morgan fingerprint density at radius 3 is 2.61 bits per heavy atom. The summed E-state index contributed by atoms with van der Waals surface area (Å²) in [6, 6.07) is 18.1. The summed E-state index contributed by atoms with van der Waals surface area (Å²) in [5, 5.41) is 1.09. The van der Waals surface area contributed by atoms with Crippen LogP contribution in [0.2, 0.25) is 0 Å². The third kappa shape index (κ3) is 3.69. The van der Waals surface area contributed by atoms with Crippen LogP contribution in [0.4, 0.5) is 4.39 Å². The largest absolute Gasteiger partial charge is 0.467 e. The highest BCUT2D eigenvalue weighted by molar-refractivity contribution is 5.91. The van der Waals surface area contributed by atoms with Gasteiger partial charge in [-0.05, 0) is 60.0 Å². The molecule has 0 saturated heterocycles. The van der Waals surface area contributed by atoms with Gasteiger partial charge >= 0.3 is 0 Å². The molecule has 0 aliphatic rings. The second-order valence-electron chi connectivity index (χ2n) is 6.86. The van der Waals surface area contributed by atoms with Crippen LogP contribution in [0.3, 0.4) is 0 Å². The minimum absolute atomic E-state index is 0.0479. The fourth-order valence-electron chi connectivity index (χ4n) is 3.47. The molecule has 4 nitrogen and oxygen atoms in total. The average molecular weight is 376 g/mol. The van der Waals surface area contributed by atoms with E-state index in [4.69, 9.17) is 4.42 Å². The van der Waals surface area contributed by atoms with Gasteiger partial charge in [0.05, 0.1) is 12.8 Å². The van der Waals surface area contributed by atoms with Gasteiger partial charge in [-0.25, -0.2) is 4.39 Å². The van der Waals surface area contributed by atoms with Crippen molar-refractivity contribution in [3.05, 3.63) is 84.1 Å². The standard InChI is InChI=1S/C23H21FN2O2/c1-26(15-18-5-4-14-28-18)22(27)13-12-20-19-6-2-3-7-21(19)25-23(20)16-8-10-17(24)11-9-16/h2-11,14,25H,12-13,15H2,1H3. The number of nitrogens with one attached hydrogen (secondary N) is 1. The number of aryl methyl sites for hydroxylation is 1. The molecule has 4 rings (SSSR count). The van der Waals surface area contributed by atoms with Crippen molar-refractivity contribution in [2.75, 3.05) is 7.05 Å². The molecule has 0 spiro atoms. The number of aromatic amines is 1. The molecule has 1 N–H and O–H groups in total. The molecule has 0 unspecified atom stereocenters. The Kier molecular flexibility index (Phi) is 4.98. The van der Waals surface area contributed by atoms with Gasteiger partial charge in [-0.3, -0.25) is 4.79 Å². The van der Waals surface area contributed by atoms with Gasteiger partial charge in [-0.1, -0.05) is 18.2 Å². The van der Waals surface area contributed by atoms with Crippen LogP contribution >= 0.6 is 0 Å². The minimum Gasteiger partial charge on any atom is -0.467 e. The lowest BCUT2D eigenvalue weighted by molar-refractivity contribution is -0.130. The van der Waals surface area contributed by atoms with E-state index in [-0.39, 0.29) is 11.7 Å². The average Bonchev–Trinajstić information content (AvgIpc) is 3.34. The molecule has 5 heteroatoms. The summed E-state index contributed by atoms with van der Waals surface area (Å²) >= 11 is 0. The molecule has 142 valence electrons. The molecule has 2 heterocycles. The minimum atomic E-state index is -0.267. The van der Waals surface area contributed by atoms with Crippen molar-refractivity contribution in [3.63, 3.8) is 0 Å². The van der Waals surface area contributed by atoms with E-state index < -0.39 is 0 Å². The maximum absolute atomic E-state index is 13.3. The lowest BCUT2D eigenvalue weighted by atomic mass is 10.0. The van der Waals surface area contributed by atoms with Crippen LogP contribution in [0.1, 0.15) is 17.7 Å². The second kappa shape index (κ2) is 7.72. The van der Waals surface area contributed by atoms with E-state index in [1.54, 1.807) is 30.3 Å². The number of benzene rings is 2. The number of aromatic nitrogens is 1. The van der Waals surface area contributed by atoms with Crippen LogP contribution in [0.5, 0.6) is 0 Å². The number of hydrogen-bond donors (Lipinski definition) is 1. The van der Waals surface area contributed by atoms with Gasteiger partial charge < -0.3 is 14.3 Å². The first-order valence-electron chi connectivity index (χ1n) is 9.23. The summed E-state index contributed by atoms with van der Waals surface area (Å²) in [5.41, 5.74) is 3.92. The summed E-state index contributed by atoms with van der Waals surface area (Å²) in [6.45, 7) is 0.449. The van der Waals surface area contributed by atoms with Crippen molar-refractivity contribution in [1.82, 2.24) is 9.88 Å². The van der Waals surface area contributed by atoms with E-state index in [1.807, 2.05) is 36.4 Å². The van der Waals surface area contributed by atoms with Crippen LogP contribution < -0.4 is 0 Å². The van der Waals surface area contributed by atoms with Crippen LogP contribution in [-0.4, -0.2) is 22.8 Å². The van der Waals surface area contributed by atoms with E-state index in [9.17, 15) is 9.18 Å². The molecule has 0 aliphatic heterocycles. The van der Waals surface area contributed by atoms with Crippen molar-refractivity contribution < 1.29 is 13.6 Å². The summed E-state index contributed by atoms with van der Waals surface area (Å²) in [4.78, 5) is 17.7. The quantitative estimate of drug-likeness (QED) is 0.505. The Balaban J connectivity index is 1.58. The van der Waals surface area contributed by atoms with Crippen molar-refractivity contribution >= 4 is 16.8 Å². The van der Waals surface area contributed by atoms with Crippen LogP contribution in [-0.2, 0) is 17.8 Å². The topological polar surface area (TPSA) is 49.2 Å². The maximum Gasteiger partial charge on any atom is 0.223 e. The first kappa shape index (κ1) is 18.0. The number of hydrogen-bond acceptors (Lipinski definition) is 2. The molecule has 0 bridgehead atoms. The zero-order valence-electron chi connectivity index (χ0n) is 15.6. The first-order chi connectivity index (χ1) is 13.6. The number of nitrogens with zero attached hydrogens (tertiary/aromatic N) is 1. The smallest absolute Gasteiger partial charge is 0.223 e. The summed E-state index contributed by atoms with van der Waals surface area (Å²) in [6.07, 6.45) is 2.58. The number of fused-ring (bicyclic) bond motifs is 1. The number of carbonyl (C=O) groups excluding carboxylic acids is 1. The number of amides is 1. The van der Waals surface area contributed by atoms with Gasteiger partial charge in [-0.2, -0.15) is 0 Å². The zero-order chi connectivity index (χ0) is 19.5. The number of halogens is 1. The Morgan fingerprint density at radius 2 is 1.86 bits per heavy atom. The van der Waals surface area contributed by atoms with Crippen LogP contribution in [0, 0.1) is 5.82 Å². The lowest BCUT2D eigenvalue weighted by Crippen LogP contribution is -2.26. The number of para-hydroxylation sites is 1.